The third-order valence-electron chi connectivity index (χ3n) is 3.44. The molecule has 0 amide bonds. The minimum Gasteiger partial charge on any atom is -0.305 e. The van der Waals surface area contributed by atoms with Crippen molar-refractivity contribution in [3.8, 4) is 0 Å². The van der Waals surface area contributed by atoms with Gasteiger partial charge in [-0.15, -0.1) is 0 Å². The highest BCUT2D eigenvalue weighted by Gasteiger charge is 2.08. The summed E-state index contributed by atoms with van der Waals surface area (Å²) in [6.07, 6.45) is 0. The topological polar surface area (TPSA) is 3.24 Å². The van der Waals surface area contributed by atoms with Crippen molar-refractivity contribution < 1.29 is 0 Å². The van der Waals surface area contributed by atoms with E-state index in [4.69, 9.17) is 0 Å². The zero-order valence-corrected chi connectivity index (χ0v) is 14.1. The molecule has 0 aromatic heterocycles. The fraction of sp³-hybridized carbons (Fsp3) is 0.333. The lowest BCUT2D eigenvalue weighted by Gasteiger charge is -2.16. The van der Waals surface area contributed by atoms with Gasteiger partial charge in [0.2, 0.25) is 0 Å². The summed E-state index contributed by atoms with van der Waals surface area (Å²) in [7, 11) is 5.00. The standard InChI is InChI=1S/C18H24NP/c1-13-10-14(2)18(15(3)11-13)20-17-9-7-6-8-16(17)12-19(4)5/h6-11,20H,12H2,1-5H3. The normalized spacial score (nSPS) is 11.7. The minimum atomic E-state index is 0.742. The van der Waals surface area contributed by atoms with E-state index in [0.717, 1.165) is 15.1 Å². The molecule has 0 N–H and O–H groups in total. The second-order valence-corrected chi connectivity index (χ2v) is 7.08. The Labute approximate surface area is 124 Å². The van der Waals surface area contributed by atoms with Gasteiger partial charge in [-0.1, -0.05) is 50.5 Å². The molecule has 2 heteroatoms. The molecule has 2 aromatic rings. The molecule has 1 nitrogen and oxygen atoms in total. The van der Waals surface area contributed by atoms with Crippen LogP contribution in [0.4, 0.5) is 0 Å². The van der Waals surface area contributed by atoms with Crippen LogP contribution in [0.5, 0.6) is 0 Å². The quantitative estimate of drug-likeness (QED) is 0.779. The average molecular weight is 285 g/mol. The molecule has 0 aliphatic rings. The van der Waals surface area contributed by atoms with Crippen molar-refractivity contribution in [3.05, 3.63) is 58.7 Å². The lowest BCUT2D eigenvalue weighted by molar-refractivity contribution is 0.403. The van der Waals surface area contributed by atoms with Gasteiger partial charge in [0.05, 0.1) is 0 Å². The van der Waals surface area contributed by atoms with Crippen LogP contribution in [0.2, 0.25) is 0 Å². The lowest BCUT2D eigenvalue weighted by Crippen LogP contribution is -2.19. The predicted octanol–water partition coefficient (Wildman–Crippen LogP) is 3.30. The van der Waals surface area contributed by atoms with Gasteiger partial charge >= 0.3 is 0 Å². The summed E-state index contributed by atoms with van der Waals surface area (Å²) in [5.74, 6) is 0. The Hall–Kier alpha value is -1.17. The summed E-state index contributed by atoms with van der Waals surface area (Å²) in [5.41, 5.74) is 5.63. The first-order valence-electron chi connectivity index (χ1n) is 7.05. The van der Waals surface area contributed by atoms with E-state index in [9.17, 15) is 0 Å². The fourth-order valence-electron chi connectivity index (χ4n) is 2.63. The van der Waals surface area contributed by atoms with Gasteiger partial charge in [0.1, 0.15) is 0 Å². The summed E-state index contributed by atoms with van der Waals surface area (Å²) >= 11 is 0. The van der Waals surface area contributed by atoms with E-state index < -0.39 is 0 Å². The van der Waals surface area contributed by atoms with Crippen LogP contribution in [0.25, 0.3) is 0 Å². The van der Waals surface area contributed by atoms with E-state index in [1.807, 2.05) is 0 Å². The molecule has 0 bridgehead atoms. The number of hydrogen-bond donors (Lipinski definition) is 0. The van der Waals surface area contributed by atoms with Crippen molar-refractivity contribution in [3.63, 3.8) is 0 Å². The molecule has 106 valence electrons. The molecule has 0 aliphatic carbocycles. The molecule has 0 fully saturated rings. The Morgan fingerprint density at radius 1 is 0.950 bits per heavy atom. The monoisotopic (exact) mass is 285 g/mol. The molecule has 20 heavy (non-hydrogen) atoms. The Morgan fingerprint density at radius 2 is 1.55 bits per heavy atom. The first kappa shape index (κ1) is 15.2. The Bertz CT molecular complexity index is 579. The van der Waals surface area contributed by atoms with Crippen molar-refractivity contribution in [2.75, 3.05) is 14.1 Å². The highest BCUT2D eigenvalue weighted by molar-refractivity contribution is 7.55. The van der Waals surface area contributed by atoms with Crippen LogP contribution in [0.3, 0.4) is 0 Å². The lowest BCUT2D eigenvalue weighted by atomic mass is 10.1. The first-order valence-corrected chi connectivity index (χ1v) is 8.05. The molecule has 1 unspecified atom stereocenters. The molecule has 0 saturated carbocycles. The Kier molecular flexibility index (Phi) is 4.96. The van der Waals surface area contributed by atoms with Gasteiger partial charge in [-0.05, 0) is 62.2 Å². The van der Waals surface area contributed by atoms with Crippen LogP contribution >= 0.6 is 8.58 Å². The van der Waals surface area contributed by atoms with Crippen LogP contribution < -0.4 is 10.6 Å². The summed E-state index contributed by atoms with van der Waals surface area (Å²) in [6, 6.07) is 13.4. The van der Waals surface area contributed by atoms with E-state index in [1.54, 1.807) is 0 Å². The van der Waals surface area contributed by atoms with Crippen molar-refractivity contribution in [2.45, 2.75) is 27.3 Å². The molecule has 0 aliphatic heterocycles. The zero-order valence-electron chi connectivity index (χ0n) is 13.1. The maximum Gasteiger partial charge on any atom is 0.0234 e. The van der Waals surface area contributed by atoms with Gasteiger partial charge < -0.3 is 4.90 Å². The number of nitrogens with zero attached hydrogens (tertiary/aromatic N) is 1. The highest BCUT2D eigenvalue weighted by atomic mass is 31.1. The van der Waals surface area contributed by atoms with Crippen molar-refractivity contribution >= 4 is 19.2 Å². The molecular formula is C18H24NP. The zero-order chi connectivity index (χ0) is 14.7. The maximum atomic E-state index is 2.30. The number of hydrogen-bond acceptors (Lipinski definition) is 1. The second-order valence-electron chi connectivity index (χ2n) is 5.79. The van der Waals surface area contributed by atoms with Crippen molar-refractivity contribution in [1.29, 1.82) is 0 Å². The Balaban J connectivity index is 2.35. The van der Waals surface area contributed by atoms with E-state index in [0.29, 0.717) is 0 Å². The van der Waals surface area contributed by atoms with Crippen LogP contribution in [0.15, 0.2) is 36.4 Å². The fourth-order valence-corrected chi connectivity index (χ4v) is 3.94. The Morgan fingerprint density at radius 3 is 2.15 bits per heavy atom. The smallest absolute Gasteiger partial charge is 0.0234 e. The average Bonchev–Trinajstić information content (AvgIpc) is 2.34. The molecular weight excluding hydrogens is 261 g/mol. The SMILES string of the molecule is Cc1cc(C)c(Pc2ccccc2CN(C)C)c(C)c1. The number of aryl methyl sites for hydroxylation is 3. The summed E-state index contributed by atoms with van der Waals surface area (Å²) in [5, 5.41) is 2.97. The molecule has 0 spiro atoms. The summed E-state index contributed by atoms with van der Waals surface area (Å²) < 4.78 is 0. The third kappa shape index (κ3) is 3.69. The second kappa shape index (κ2) is 6.52. The van der Waals surface area contributed by atoms with Crippen LogP contribution in [0, 0.1) is 20.8 Å². The van der Waals surface area contributed by atoms with Gasteiger partial charge in [-0.3, -0.25) is 0 Å². The van der Waals surface area contributed by atoms with Crippen molar-refractivity contribution in [2.24, 2.45) is 0 Å². The van der Waals surface area contributed by atoms with Gasteiger partial charge in [-0.2, -0.15) is 0 Å². The molecule has 0 radical (unpaired) electrons. The molecule has 2 aromatic carbocycles. The summed E-state index contributed by atoms with van der Waals surface area (Å²) in [4.78, 5) is 2.23. The third-order valence-corrected chi connectivity index (χ3v) is 5.24. The minimum absolute atomic E-state index is 0.742. The van der Waals surface area contributed by atoms with Gasteiger partial charge in [0.25, 0.3) is 0 Å². The van der Waals surface area contributed by atoms with E-state index in [-0.39, 0.29) is 0 Å². The van der Waals surface area contributed by atoms with Crippen LogP contribution in [-0.4, -0.2) is 19.0 Å². The first-order chi connectivity index (χ1) is 9.47. The van der Waals surface area contributed by atoms with Crippen molar-refractivity contribution in [1.82, 2.24) is 4.90 Å². The van der Waals surface area contributed by atoms with E-state index >= 15 is 0 Å². The molecule has 0 heterocycles. The van der Waals surface area contributed by atoms with E-state index in [1.165, 1.54) is 32.9 Å². The molecule has 1 atom stereocenters. The highest BCUT2D eigenvalue weighted by Crippen LogP contribution is 2.20. The van der Waals surface area contributed by atoms with Gasteiger partial charge in [0.15, 0.2) is 0 Å². The maximum absolute atomic E-state index is 2.30. The van der Waals surface area contributed by atoms with Gasteiger partial charge in [0, 0.05) is 6.54 Å². The molecule has 0 saturated heterocycles. The van der Waals surface area contributed by atoms with Gasteiger partial charge in [-0.25, -0.2) is 0 Å². The number of benzene rings is 2. The summed E-state index contributed by atoms with van der Waals surface area (Å²) in [6.45, 7) is 7.65. The van der Waals surface area contributed by atoms with Crippen LogP contribution in [0.1, 0.15) is 22.3 Å². The molecule has 2 rings (SSSR count). The van der Waals surface area contributed by atoms with E-state index in [2.05, 4.69) is 76.2 Å². The van der Waals surface area contributed by atoms with Crippen LogP contribution in [-0.2, 0) is 6.54 Å². The predicted molar refractivity (Wildman–Crippen MR) is 92.1 cm³/mol. The largest absolute Gasteiger partial charge is 0.305 e. The number of rotatable bonds is 4.